The highest BCUT2D eigenvalue weighted by atomic mass is 79.9. The third-order valence-electron chi connectivity index (χ3n) is 3.47. The molecular formula is C13H14BrF3N2O. The first kappa shape index (κ1) is 15.3. The third kappa shape index (κ3) is 3.71. The fraction of sp³-hybridized carbons (Fsp3) is 0.538. The fourth-order valence-electron chi connectivity index (χ4n) is 2.48. The highest BCUT2D eigenvalue weighted by molar-refractivity contribution is 9.10. The van der Waals surface area contributed by atoms with Crippen molar-refractivity contribution < 1.29 is 18.0 Å². The molecular weight excluding hydrogens is 337 g/mol. The van der Waals surface area contributed by atoms with Gasteiger partial charge in [-0.15, -0.1) is 0 Å². The molecule has 0 unspecified atom stereocenters. The number of carbonyl (C=O) groups excluding carboxylic acids is 1. The number of aromatic nitrogens is 1. The van der Waals surface area contributed by atoms with E-state index in [4.69, 9.17) is 0 Å². The maximum atomic E-state index is 12.9. The molecule has 1 aliphatic rings. The summed E-state index contributed by atoms with van der Waals surface area (Å²) >= 11 is 3.18. The van der Waals surface area contributed by atoms with Gasteiger partial charge >= 0.3 is 6.18 Å². The van der Waals surface area contributed by atoms with Crippen molar-refractivity contribution in [3.05, 3.63) is 28.5 Å². The number of pyridine rings is 1. The Kier molecular flexibility index (Phi) is 4.67. The summed E-state index contributed by atoms with van der Waals surface area (Å²) < 4.78 is 39.4. The lowest BCUT2D eigenvalue weighted by Gasteiger charge is -2.33. The quantitative estimate of drug-likeness (QED) is 0.883. The molecule has 20 heavy (non-hydrogen) atoms. The van der Waals surface area contributed by atoms with Crippen molar-refractivity contribution in [1.29, 1.82) is 0 Å². The number of hydrogen-bond acceptors (Lipinski definition) is 2. The molecule has 1 heterocycles. The summed E-state index contributed by atoms with van der Waals surface area (Å²) in [7, 11) is 0. The van der Waals surface area contributed by atoms with Gasteiger partial charge in [0.2, 0.25) is 0 Å². The van der Waals surface area contributed by atoms with Crippen LogP contribution in [0.5, 0.6) is 0 Å². The van der Waals surface area contributed by atoms with E-state index in [-0.39, 0.29) is 12.0 Å². The summed E-state index contributed by atoms with van der Waals surface area (Å²) in [6, 6.07) is 0.684. The van der Waals surface area contributed by atoms with Crippen molar-refractivity contribution in [3.63, 3.8) is 0 Å². The average molecular weight is 351 g/mol. The molecule has 2 rings (SSSR count). The van der Waals surface area contributed by atoms with Gasteiger partial charge in [-0.3, -0.25) is 9.78 Å². The summed E-state index contributed by atoms with van der Waals surface area (Å²) in [5, 5.41) is 2.50. The molecule has 1 fully saturated rings. The summed E-state index contributed by atoms with van der Waals surface area (Å²) in [5.74, 6) is -1.97. The van der Waals surface area contributed by atoms with Crippen LogP contribution in [0.25, 0.3) is 0 Å². The molecule has 0 spiro atoms. The lowest BCUT2D eigenvalue weighted by Crippen LogP contribution is -2.47. The smallest absolute Gasteiger partial charge is 0.349 e. The summed E-state index contributed by atoms with van der Waals surface area (Å²) in [4.78, 5) is 15.8. The van der Waals surface area contributed by atoms with Crippen molar-refractivity contribution in [3.8, 4) is 0 Å². The van der Waals surface area contributed by atoms with Gasteiger partial charge in [0.25, 0.3) is 5.91 Å². The van der Waals surface area contributed by atoms with Crippen molar-refractivity contribution in [2.24, 2.45) is 5.92 Å². The number of nitrogens with one attached hydrogen (secondary N) is 1. The fourth-order valence-corrected chi connectivity index (χ4v) is 2.85. The van der Waals surface area contributed by atoms with E-state index in [0.29, 0.717) is 23.7 Å². The number of hydrogen-bond donors (Lipinski definition) is 1. The van der Waals surface area contributed by atoms with E-state index in [1.54, 1.807) is 0 Å². The van der Waals surface area contributed by atoms with E-state index < -0.39 is 24.0 Å². The van der Waals surface area contributed by atoms with Crippen LogP contribution in [0.15, 0.2) is 22.9 Å². The maximum Gasteiger partial charge on any atom is 0.393 e. The van der Waals surface area contributed by atoms with E-state index in [9.17, 15) is 18.0 Å². The molecule has 1 saturated carbocycles. The predicted octanol–water partition coefficient (Wildman–Crippen LogP) is 3.70. The van der Waals surface area contributed by atoms with Gasteiger partial charge in [0.15, 0.2) is 0 Å². The minimum atomic E-state index is -4.27. The van der Waals surface area contributed by atoms with Crippen molar-refractivity contribution in [2.45, 2.75) is 37.9 Å². The van der Waals surface area contributed by atoms with Gasteiger partial charge in [0.05, 0.1) is 11.5 Å². The average Bonchev–Trinajstić information content (AvgIpc) is 2.38. The second-order valence-corrected chi connectivity index (χ2v) is 5.82. The molecule has 110 valence electrons. The van der Waals surface area contributed by atoms with Crippen LogP contribution in [-0.2, 0) is 0 Å². The number of nitrogens with zero attached hydrogens (tertiary/aromatic N) is 1. The molecule has 1 aliphatic carbocycles. The van der Waals surface area contributed by atoms with Crippen LogP contribution in [0.1, 0.15) is 36.0 Å². The number of carbonyl (C=O) groups is 1. The molecule has 3 nitrogen and oxygen atoms in total. The van der Waals surface area contributed by atoms with Crippen LogP contribution in [0, 0.1) is 5.92 Å². The van der Waals surface area contributed by atoms with E-state index in [1.807, 2.05) is 0 Å². The van der Waals surface area contributed by atoms with Crippen LogP contribution in [-0.4, -0.2) is 23.1 Å². The van der Waals surface area contributed by atoms with E-state index in [2.05, 4.69) is 26.2 Å². The van der Waals surface area contributed by atoms with Gasteiger partial charge in [0, 0.05) is 22.9 Å². The van der Waals surface area contributed by atoms with Gasteiger partial charge in [-0.05, 0) is 34.8 Å². The van der Waals surface area contributed by atoms with Crippen LogP contribution in [0.2, 0.25) is 0 Å². The van der Waals surface area contributed by atoms with Gasteiger partial charge in [-0.1, -0.05) is 12.8 Å². The molecule has 1 N–H and O–H groups in total. The molecule has 0 saturated heterocycles. The second-order valence-electron chi connectivity index (χ2n) is 4.90. The Morgan fingerprint density at radius 3 is 2.65 bits per heavy atom. The topological polar surface area (TPSA) is 42.0 Å². The Bertz CT molecular complexity index is 493. The number of halogens is 4. The van der Waals surface area contributed by atoms with E-state index in [0.717, 1.165) is 0 Å². The summed E-state index contributed by atoms with van der Waals surface area (Å²) in [6.07, 6.45) is 0.265. The Hall–Kier alpha value is -1.11. The minimum Gasteiger partial charge on any atom is -0.349 e. The normalized spacial score (nSPS) is 23.4. The zero-order valence-electron chi connectivity index (χ0n) is 10.6. The zero-order valence-corrected chi connectivity index (χ0v) is 12.2. The first-order chi connectivity index (χ1) is 9.38. The molecule has 1 aromatic heterocycles. The maximum absolute atomic E-state index is 12.9. The first-order valence-corrected chi connectivity index (χ1v) is 7.15. The van der Waals surface area contributed by atoms with Gasteiger partial charge < -0.3 is 5.32 Å². The molecule has 2 atom stereocenters. The predicted molar refractivity (Wildman–Crippen MR) is 71.2 cm³/mol. The first-order valence-electron chi connectivity index (χ1n) is 6.36. The second kappa shape index (κ2) is 6.11. The molecule has 1 aromatic rings. The Labute approximate surface area is 123 Å². The monoisotopic (exact) mass is 350 g/mol. The molecule has 0 bridgehead atoms. The van der Waals surface area contributed by atoms with Gasteiger partial charge in [0.1, 0.15) is 0 Å². The van der Waals surface area contributed by atoms with Gasteiger partial charge in [-0.25, -0.2) is 0 Å². The Morgan fingerprint density at radius 1 is 1.30 bits per heavy atom. The highest BCUT2D eigenvalue weighted by Gasteiger charge is 2.45. The van der Waals surface area contributed by atoms with Crippen molar-refractivity contribution in [1.82, 2.24) is 10.3 Å². The lowest BCUT2D eigenvalue weighted by molar-refractivity contribution is -0.187. The standard InChI is InChI=1S/C13H14BrF3N2O/c14-9-5-8(6-18-7-9)12(20)19-11-4-2-1-3-10(11)13(15,16)17/h5-7,10-11H,1-4H2,(H,19,20)/t10-,11-/m0/s1. The minimum absolute atomic E-state index is 0.0746. The molecule has 0 aromatic carbocycles. The highest BCUT2D eigenvalue weighted by Crippen LogP contribution is 2.37. The van der Waals surface area contributed by atoms with Crippen LogP contribution in [0.3, 0.4) is 0 Å². The molecule has 1 amide bonds. The third-order valence-corrected chi connectivity index (χ3v) is 3.90. The largest absolute Gasteiger partial charge is 0.393 e. The van der Waals surface area contributed by atoms with Crippen LogP contribution >= 0.6 is 15.9 Å². The number of amides is 1. The zero-order chi connectivity index (χ0) is 14.8. The van der Waals surface area contributed by atoms with E-state index >= 15 is 0 Å². The Balaban J connectivity index is 2.09. The SMILES string of the molecule is O=C(N[C@H]1CCCC[C@@H]1C(F)(F)F)c1cncc(Br)c1. The van der Waals surface area contributed by atoms with Gasteiger partial charge in [-0.2, -0.15) is 13.2 Å². The summed E-state index contributed by atoms with van der Waals surface area (Å²) in [5.41, 5.74) is 0.255. The summed E-state index contributed by atoms with van der Waals surface area (Å²) in [6.45, 7) is 0. The number of rotatable bonds is 2. The lowest BCUT2D eigenvalue weighted by atomic mass is 9.84. The van der Waals surface area contributed by atoms with Crippen molar-refractivity contribution in [2.75, 3.05) is 0 Å². The number of alkyl halides is 3. The van der Waals surface area contributed by atoms with E-state index in [1.165, 1.54) is 18.5 Å². The van der Waals surface area contributed by atoms with Crippen LogP contribution in [0.4, 0.5) is 13.2 Å². The van der Waals surface area contributed by atoms with Crippen molar-refractivity contribution >= 4 is 21.8 Å². The molecule has 0 aliphatic heterocycles. The molecule has 0 radical (unpaired) electrons. The Morgan fingerprint density at radius 2 is 2.00 bits per heavy atom. The van der Waals surface area contributed by atoms with Crippen LogP contribution < -0.4 is 5.32 Å². The molecule has 7 heteroatoms.